The number of ether oxygens (including phenoxy) is 1. The number of fused-ring (bicyclic) bond motifs is 1. The number of nitrogens with one attached hydrogen (secondary N) is 1. The summed E-state index contributed by atoms with van der Waals surface area (Å²) in [5.41, 5.74) is 1.39. The van der Waals surface area contributed by atoms with E-state index in [-0.39, 0.29) is 30.7 Å². The summed E-state index contributed by atoms with van der Waals surface area (Å²) in [4.78, 5) is 18.8. The van der Waals surface area contributed by atoms with Crippen molar-refractivity contribution in [1.29, 1.82) is 0 Å². The molecular weight excluding hydrogens is 380 g/mol. The van der Waals surface area contributed by atoms with Crippen LogP contribution in [0.3, 0.4) is 0 Å². The van der Waals surface area contributed by atoms with Gasteiger partial charge in [-0.15, -0.1) is 0 Å². The minimum Gasteiger partial charge on any atom is -0.383 e. The predicted molar refractivity (Wildman–Crippen MR) is 103 cm³/mol. The van der Waals surface area contributed by atoms with E-state index in [1.807, 2.05) is 0 Å². The van der Waals surface area contributed by atoms with E-state index in [1.54, 1.807) is 36.4 Å². The van der Waals surface area contributed by atoms with E-state index in [9.17, 15) is 13.6 Å². The molecule has 1 amide bonds. The van der Waals surface area contributed by atoms with Gasteiger partial charge in [0.2, 0.25) is 0 Å². The van der Waals surface area contributed by atoms with Crippen molar-refractivity contribution in [3.8, 4) is 0 Å². The maximum atomic E-state index is 14.3. The monoisotopic (exact) mass is 401 g/mol. The molecule has 3 heterocycles. The van der Waals surface area contributed by atoms with Crippen molar-refractivity contribution in [2.75, 3.05) is 31.7 Å². The minimum absolute atomic E-state index is 0.147. The number of halogens is 2. The van der Waals surface area contributed by atoms with Crippen molar-refractivity contribution in [2.24, 2.45) is 0 Å². The molecule has 7 nitrogen and oxygen atoms in total. The van der Waals surface area contributed by atoms with Gasteiger partial charge in [0, 0.05) is 26.3 Å². The van der Waals surface area contributed by atoms with E-state index in [1.165, 1.54) is 22.8 Å². The second kappa shape index (κ2) is 8.12. The number of anilines is 1. The van der Waals surface area contributed by atoms with Gasteiger partial charge < -0.3 is 15.0 Å². The highest BCUT2D eigenvalue weighted by Gasteiger charge is 2.34. The molecule has 1 saturated heterocycles. The van der Waals surface area contributed by atoms with Gasteiger partial charge in [0.1, 0.15) is 23.4 Å². The quantitative estimate of drug-likeness (QED) is 0.643. The zero-order chi connectivity index (χ0) is 20.4. The largest absolute Gasteiger partial charge is 0.383 e. The van der Waals surface area contributed by atoms with Crippen molar-refractivity contribution in [3.05, 3.63) is 59.7 Å². The zero-order valence-corrected chi connectivity index (χ0v) is 15.9. The lowest BCUT2D eigenvalue weighted by molar-refractivity contribution is 0.0938. The van der Waals surface area contributed by atoms with Crippen LogP contribution in [0, 0.1) is 5.82 Å². The molecule has 1 aliphatic heterocycles. The third-order valence-corrected chi connectivity index (χ3v) is 4.97. The number of carbonyl (C=O) groups is 1. The van der Waals surface area contributed by atoms with Crippen molar-refractivity contribution in [3.63, 3.8) is 0 Å². The number of rotatable bonds is 6. The average Bonchev–Trinajstić information content (AvgIpc) is 3.31. The second-order valence-electron chi connectivity index (χ2n) is 6.92. The SMILES string of the molecule is COCCNC(=O)c1cnn2ccc(N3CC(F)CC3c3cccc(F)c3)nc12. The summed E-state index contributed by atoms with van der Waals surface area (Å²) in [5, 5.41) is 6.90. The fourth-order valence-electron chi connectivity index (χ4n) is 3.61. The van der Waals surface area contributed by atoms with E-state index >= 15 is 0 Å². The Morgan fingerprint density at radius 3 is 3.03 bits per heavy atom. The summed E-state index contributed by atoms with van der Waals surface area (Å²) in [7, 11) is 1.55. The Labute approximate surface area is 166 Å². The number of amides is 1. The van der Waals surface area contributed by atoms with Gasteiger partial charge in [0.15, 0.2) is 5.65 Å². The Bertz CT molecular complexity index is 1030. The van der Waals surface area contributed by atoms with E-state index < -0.39 is 6.17 Å². The summed E-state index contributed by atoms with van der Waals surface area (Å²) in [6, 6.07) is 7.56. The lowest BCUT2D eigenvalue weighted by Gasteiger charge is -2.25. The lowest BCUT2D eigenvalue weighted by Crippen LogP contribution is -2.27. The Kier molecular flexibility index (Phi) is 5.39. The number of carbonyl (C=O) groups excluding carboxylic acids is 1. The molecule has 152 valence electrons. The summed E-state index contributed by atoms with van der Waals surface area (Å²) in [6.07, 6.45) is 2.32. The molecule has 2 atom stereocenters. The lowest BCUT2D eigenvalue weighted by atomic mass is 10.0. The Morgan fingerprint density at radius 2 is 2.24 bits per heavy atom. The van der Waals surface area contributed by atoms with Gasteiger partial charge in [-0.25, -0.2) is 18.3 Å². The molecule has 0 aliphatic carbocycles. The predicted octanol–water partition coefficient (Wildman–Crippen LogP) is 2.53. The molecule has 3 aromatic rings. The normalized spacial score (nSPS) is 19.1. The first kappa shape index (κ1) is 19.3. The van der Waals surface area contributed by atoms with Gasteiger partial charge in [-0.1, -0.05) is 12.1 Å². The second-order valence-corrected chi connectivity index (χ2v) is 6.92. The number of nitrogens with zero attached hydrogens (tertiary/aromatic N) is 4. The van der Waals surface area contributed by atoms with E-state index in [0.29, 0.717) is 35.7 Å². The molecule has 0 spiro atoms. The summed E-state index contributed by atoms with van der Waals surface area (Å²) in [6.45, 7) is 0.905. The minimum atomic E-state index is -1.05. The first-order chi connectivity index (χ1) is 14.1. The highest BCUT2D eigenvalue weighted by molar-refractivity contribution is 5.99. The first-order valence-corrected chi connectivity index (χ1v) is 9.34. The maximum absolute atomic E-state index is 14.3. The molecule has 0 radical (unpaired) electrons. The Morgan fingerprint density at radius 1 is 1.38 bits per heavy atom. The number of hydrogen-bond donors (Lipinski definition) is 1. The molecule has 2 unspecified atom stereocenters. The van der Waals surface area contributed by atoms with Crippen LogP contribution in [0.4, 0.5) is 14.6 Å². The van der Waals surface area contributed by atoms with Crippen molar-refractivity contribution >= 4 is 17.4 Å². The molecule has 1 N–H and O–H groups in total. The van der Waals surface area contributed by atoms with Gasteiger partial charge in [0.25, 0.3) is 5.91 Å². The molecule has 0 bridgehead atoms. The highest BCUT2D eigenvalue weighted by Crippen LogP contribution is 2.37. The van der Waals surface area contributed by atoms with Crippen LogP contribution in [0.1, 0.15) is 28.4 Å². The fraction of sp³-hybridized carbons (Fsp3) is 0.350. The van der Waals surface area contributed by atoms with Gasteiger partial charge in [-0.05, 0) is 23.8 Å². The third kappa shape index (κ3) is 3.91. The van der Waals surface area contributed by atoms with Gasteiger partial charge >= 0.3 is 0 Å². The van der Waals surface area contributed by atoms with Gasteiger partial charge in [0.05, 0.1) is 25.4 Å². The number of methoxy groups -OCH3 is 1. The van der Waals surface area contributed by atoms with Crippen LogP contribution in [0.2, 0.25) is 0 Å². The van der Waals surface area contributed by atoms with Gasteiger partial charge in [-0.2, -0.15) is 5.10 Å². The zero-order valence-electron chi connectivity index (χ0n) is 15.9. The summed E-state index contributed by atoms with van der Waals surface area (Å²) in [5.74, 6) is -0.162. The molecule has 1 aliphatic rings. The van der Waals surface area contributed by atoms with Crippen LogP contribution in [0.25, 0.3) is 5.65 Å². The highest BCUT2D eigenvalue weighted by atomic mass is 19.1. The Balaban J connectivity index is 1.66. The van der Waals surface area contributed by atoms with Crippen LogP contribution >= 0.6 is 0 Å². The molecule has 4 rings (SSSR count). The van der Waals surface area contributed by atoms with Gasteiger partial charge in [-0.3, -0.25) is 4.79 Å². The van der Waals surface area contributed by atoms with Crippen LogP contribution in [0.15, 0.2) is 42.7 Å². The molecule has 9 heteroatoms. The van der Waals surface area contributed by atoms with Crippen molar-refractivity contribution in [1.82, 2.24) is 19.9 Å². The van der Waals surface area contributed by atoms with Crippen LogP contribution in [-0.4, -0.2) is 53.5 Å². The number of hydrogen-bond acceptors (Lipinski definition) is 5. The molecule has 29 heavy (non-hydrogen) atoms. The van der Waals surface area contributed by atoms with Crippen LogP contribution in [0.5, 0.6) is 0 Å². The molecule has 2 aromatic heterocycles. The standard InChI is InChI=1S/C20H21F2N5O2/c1-29-8-6-23-20(28)16-11-24-27-7-5-18(25-19(16)27)26-12-15(22)10-17(26)13-3-2-4-14(21)9-13/h2-5,7,9,11,15,17H,6,8,10,12H2,1H3,(H,23,28). The van der Waals surface area contributed by atoms with Crippen LogP contribution < -0.4 is 10.2 Å². The van der Waals surface area contributed by atoms with E-state index in [0.717, 1.165) is 0 Å². The third-order valence-electron chi connectivity index (χ3n) is 4.97. The number of alkyl halides is 1. The van der Waals surface area contributed by atoms with Crippen LogP contribution in [-0.2, 0) is 4.74 Å². The van der Waals surface area contributed by atoms with Crippen molar-refractivity contribution in [2.45, 2.75) is 18.6 Å². The number of aromatic nitrogens is 3. The van der Waals surface area contributed by atoms with E-state index in [4.69, 9.17) is 4.74 Å². The fourth-order valence-corrected chi connectivity index (χ4v) is 3.61. The number of benzene rings is 1. The maximum Gasteiger partial charge on any atom is 0.256 e. The average molecular weight is 401 g/mol. The summed E-state index contributed by atoms with van der Waals surface area (Å²) < 4.78 is 34.4. The van der Waals surface area contributed by atoms with Crippen molar-refractivity contribution < 1.29 is 18.3 Å². The molecule has 0 saturated carbocycles. The molecular formula is C20H21F2N5O2. The molecule has 1 fully saturated rings. The smallest absolute Gasteiger partial charge is 0.256 e. The topological polar surface area (TPSA) is 71.8 Å². The van der Waals surface area contributed by atoms with E-state index in [2.05, 4.69) is 15.4 Å². The first-order valence-electron chi connectivity index (χ1n) is 9.34. The molecule has 1 aromatic carbocycles. The summed E-state index contributed by atoms with van der Waals surface area (Å²) >= 11 is 0. The Hall–Kier alpha value is -3.07.